The first-order valence-corrected chi connectivity index (χ1v) is 7.61. The van der Waals surface area contributed by atoms with Crippen molar-refractivity contribution in [1.29, 1.82) is 0 Å². The van der Waals surface area contributed by atoms with E-state index in [0.29, 0.717) is 0 Å². The van der Waals surface area contributed by atoms with Gasteiger partial charge in [0.25, 0.3) is 0 Å². The average molecular weight is 289 g/mol. The van der Waals surface area contributed by atoms with Gasteiger partial charge in [0, 0.05) is 22.4 Å². The van der Waals surface area contributed by atoms with E-state index in [2.05, 4.69) is 5.32 Å². The van der Waals surface area contributed by atoms with Crippen LogP contribution in [0, 0.1) is 12.7 Å². The van der Waals surface area contributed by atoms with E-state index in [9.17, 15) is 9.50 Å². The molecule has 0 spiro atoms. The van der Waals surface area contributed by atoms with Crippen molar-refractivity contribution in [1.82, 2.24) is 0 Å². The van der Waals surface area contributed by atoms with Crippen LogP contribution in [0.1, 0.15) is 23.6 Å². The standard InChI is InChI=1S/C16H16FNOS/c1-10-5-6-11(9-15(10)19)18-14-7-8-20-16-12(14)3-2-4-13(16)17/h2-6,9,14,18-19H,7-8H2,1H3. The van der Waals surface area contributed by atoms with Crippen molar-refractivity contribution in [3.05, 3.63) is 53.3 Å². The lowest BCUT2D eigenvalue weighted by Crippen LogP contribution is -2.16. The second-order valence-corrected chi connectivity index (χ2v) is 6.10. The monoisotopic (exact) mass is 289 g/mol. The van der Waals surface area contributed by atoms with E-state index in [0.717, 1.165) is 33.9 Å². The minimum absolute atomic E-state index is 0.0871. The summed E-state index contributed by atoms with van der Waals surface area (Å²) in [7, 11) is 0. The summed E-state index contributed by atoms with van der Waals surface area (Å²) >= 11 is 1.57. The fraction of sp³-hybridized carbons (Fsp3) is 0.250. The summed E-state index contributed by atoms with van der Waals surface area (Å²) < 4.78 is 13.8. The van der Waals surface area contributed by atoms with Crippen molar-refractivity contribution in [3.8, 4) is 5.75 Å². The summed E-state index contributed by atoms with van der Waals surface area (Å²) in [6.45, 7) is 1.86. The van der Waals surface area contributed by atoms with Crippen molar-refractivity contribution in [3.63, 3.8) is 0 Å². The minimum atomic E-state index is -0.147. The van der Waals surface area contributed by atoms with Gasteiger partial charge in [-0.1, -0.05) is 18.2 Å². The number of nitrogens with one attached hydrogen (secondary N) is 1. The molecule has 1 aliphatic heterocycles. The predicted octanol–water partition coefficient (Wildman–Crippen LogP) is 4.49. The summed E-state index contributed by atoms with van der Waals surface area (Å²) in [6, 6.07) is 10.8. The minimum Gasteiger partial charge on any atom is -0.508 e. The maximum Gasteiger partial charge on any atom is 0.137 e. The van der Waals surface area contributed by atoms with Crippen LogP contribution in [0.25, 0.3) is 0 Å². The zero-order valence-corrected chi connectivity index (χ0v) is 12.0. The number of phenols is 1. The number of fused-ring (bicyclic) bond motifs is 1. The Bertz CT molecular complexity index is 644. The van der Waals surface area contributed by atoms with Crippen LogP contribution < -0.4 is 5.32 Å². The Morgan fingerprint density at radius 3 is 2.95 bits per heavy atom. The average Bonchev–Trinajstić information content (AvgIpc) is 2.44. The maximum atomic E-state index is 13.8. The molecule has 1 unspecified atom stereocenters. The molecule has 0 aromatic heterocycles. The Balaban J connectivity index is 1.89. The molecular weight excluding hydrogens is 273 g/mol. The normalized spacial score (nSPS) is 17.6. The first kappa shape index (κ1) is 13.3. The number of hydrogen-bond donors (Lipinski definition) is 2. The fourth-order valence-corrected chi connectivity index (χ4v) is 3.58. The van der Waals surface area contributed by atoms with Crippen molar-refractivity contribution in [2.75, 3.05) is 11.1 Å². The van der Waals surface area contributed by atoms with Crippen LogP contribution in [-0.2, 0) is 0 Å². The summed E-state index contributed by atoms with van der Waals surface area (Å²) in [5.74, 6) is 1.02. The SMILES string of the molecule is Cc1ccc(NC2CCSc3c(F)cccc32)cc1O. The lowest BCUT2D eigenvalue weighted by atomic mass is 10.0. The van der Waals surface area contributed by atoms with E-state index in [1.165, 1.54) is 6.07 Å². The number of rotatable bonds is 2. The number of halogens is 1. The van der Waals surface area contributed by atoms with E-state index in [1.807, 2.05) is 25.1 Å². The van der Waals surface area contributed by atoms with Crippen molar-refractivity contribution in [2.45, 2.75) is 24.3 Å². The molecule has 0 saturated carbocycles. The number of phenolic OH excluding ortho intramolecular Hbond substituents is 1. The van der Waals surface area contributed by atoms with E-state index in [4.69, 9.17) is 0 Å². The Kier molecular flexibility index (Phi) is 3.57. The van der Waals surface area contributed by atoms with Gasteiger partial charge in [0.2, 0.25) is 0 Å². The lowest BCUT2D eigenvalue weighted by Gasteiger charge is -2.27. The highest BCUT2D eigenvalue weighted by atomic mass is 32.2. The van der Waals surface area contributed by atoms with E-state index < -0.39 is 0 Å². The molecule has 3 rings (SSSR count). The molecule has 20 heavy (non-hydrogen) atoms. The van der Waals surface area contributed by atoms with Crippen molar-refractivity contribution in [2.24, 2.45) is 0 Å². The summed E-state index contributed by atoms with van der Waals surface area (Å²) in [5.41, 5.74) is 2.71. The van der Waals surface area contributed by atoms with Crippen LogP contribution in [0.2, 0.25) is 0 Å². The predicted molar refractivity (Wildman–Crippen MR) is 80.9 cm³/mol. The molecule has 0 fully saturated rings. The van der Waals surface area contributed by atoms with Crippen LogP contribution in [0.4, 0.5) is 10.1 Å². The van der Waals surface area contributed by atoms with E-state index >= 15 is 0 Å². The quantitative estimate of drug-likeness (QED) is 0.854. The zero-order valence-electron chi connectivity index (χ0n) is 11.2. The Labute approximate surface area is 122 Å². The van der Waals surface area contributed by atoms with Gasteiger partial charge in [0.1, 0.15) is 11.6 Å². The second kappa shape index (κ2) is 5.37. The van der Waals surface area contributed by atoms with Gasteiger partial charge in [-0.3, -0.25) is 0 Å². The highest BCUT2D eigenvalue weighted by Crippen LogP contribution is 2.39. The van der Waals surface area contributed by atoms with Gasteiger partial charge in [0.15, 0.2) is 0 Å². The maximum absolute atomic E-state index is 13.8. The van der Waals surface area contributed by atoms with Gasteiger partial charge in [-0.25, -0.2) is 4.39 Å². The molecule has 2 N–H and O–H groups in total. The van der Waals surface area contributed by atoms with E-state index in [1.54, 1.807) is 23.9 Å². The highest BCUT2D eigenvalue weighted by molar-refractivity contribution is 7.99. The van der Waals surface area contributed by atoms with Crippen LogP contribution in [-0.4, -0.2) is 10.9 Å². The number of aromatic hydroxyl groups is 1. The van der Waals surface area contributed by atoms with Gasteiger partial charge in [-0.2, -0.15) is 0 Å². The molecule has 1 heterocycles. The van der Waals surface area contributed by atoms with Crippen molar-refractivity contribution >= 4 is 17.4 Å². The van der Waals surface area contributed by atoms with Crippen LogP contribution in [0.15, 0.2) is 41.3 Å². The third-order valence-electron chi connectivity index (χ3n) is 3.58. The van der Waals surface area contributed by atoms with Gasteiger partial charge in [0.05, 0.1) is 6.04 Å². The summed E-state index contributed by atoms with van der Waals surface area (Å²) in [6.07, 6.45) is 0.940. The van der Waals surface area contributed by atoms with Gasteiger partial charge < -0.3 is 10.4 Å². The molecule has 1 atom stereocenters. The second-order valence-electron chi connectivity index (χ2n) is 4.99. The Morgan fingerprint density at radius 2 is 2.15 bits per heavy atom. The number of benzene rings is 2. The van der Waals surface area contributed by atoms with Crippen LogP contribution in [0.3, 0.4) is 0 Å². The van der Waals surface area contributed by atoms with E-state index in [-0.39, 0.29) is 17.6 Å². The third kappa shape index (κ3) is 2.48. The summed E-state index contributed by atoms with van der Waals surface area (Å²) in [4.78, 5) is 0.743. The molecule has 1 aliphatic rings. The molecule has 0 bridgehead atoms. The highest BCUT2D eigenvalue weighted by Gasteiger charge is 2.23. The van der Waals surface area contributed by atoms with Gasteiger partial charge in [-0.05, 0) is 36.6 Å². The lowest BCUT2D eigenvalue weighted by molar-refractivity contribution is 0.471. The largest absolute Gasteiger partial charge is 0.508 e. The van der Waals surface area contributed by atoms with Gasteiger partial charge in [-0.15, -0.1) is 11.8 Å². The molecule has 2 aromatic carbocycles. The van der Waals surface area contributed by atoms with Gasteiger partial charge >= 0.3 is 0 Å². The van der Waals surface area contributed by atoms with Crippen LogP contribution >= 0.6 is 11.8 Å². The number of anilines is 1. The molecule has 2 aromatic rings. The molecule has 2 nitrogen and oxygen atoms in total. The fourth-order valence-electron chi connectivity index (χ4n) is 2.44. The molecule has 4 heteroatoms. The number of aryl methyl sites for hydroxylation is 1. The third-order valence-corrected chi connectivity index (χ3v) is 4.74. The van der Waals surface area contributed by atoms with Crippen molar-refractivity contribution < 1.29 is 9.50 Å². The number of hydrogen-bond acceptors (Lipinski definition) is 3. The summed E-state index contributed by atoms with van der Waals surface area (Å²) in [5, 5.41) is 13.2. The topological polar surface area (TPSA) is 32.3 Å². The molecule has 0 aliphatic carbocycles. The molecule has 0 amide bonds. The van der Waals surface area contributed by atoms with Crippen LogP contribution in [0.5, 0.6) is 5.75 Å². The molecule has 104 valence electrons. The molecule has 0 radical (unpaired) electrons. The first-order chi connectivity index (χ1) is 9.65. The smallest absolute Gasteiger partial charge is 0.137 e. The Hall–Kier alpha value is -1.68. The zero-order chi connectivity index (χ0) is 14.1. The molecule has 0 saturated heterocycles. The molecular formula is C16H16FNOS. The first-order valence-electron chi connectivity index (χ1n) is 6.62. The Morgan fingerprint density at radius 1 is 1.30 bits per heavy atom. The number of thioether (sulfide) groups is 1.